The maximum absolute atomic E-state index is 12.7. The number of rotatable bonds is 37. The average Bonchev–Trinajstić information content (AvgIpc) is 3.15. The molecule has 0 saturated heterocycles. The minimum Gasteiger partial charge on any atom is -0.477 e. The standard InChI is InChI=1S/C48H79NO7/c1-6-8-10-12-14-16-18-20-21-22-23-24-25-27-29-31-33-35-37-39-47(51)56-44(42-54-41-40-45(48(52)53)49(3,4)5)43-55-46(50)38-36-34-32-30-28-26-19-17-15-13-11-9-7-2/h8,10,14,16,20-21,23-24,26-29,33,35,44-45H,6-7,9,11-13,15,17-19,22,25,30-32,34,36-43H2,1-5H3/p+1/b10-8+,16-14+,21-20+,24-23+,28-26+,29-27+,35-33+. The van der Waals surface area contributed by atoms with Crippen LogP contribution in [0.25, 0.3) is 0 Å². The highest BCUT2D eigenvalue weighted by molar-refractivity contribution is 5.72. The summed E-state index contributed by atoms with van der Waals surface area (Å²) in [5.74, 6) is -1.61. The van der Waals surface area contributed by atoms with Crippen LogP contribution < -0.4 is 0 Å². The number of esters is 2. The molecule has 0 aliphatic rings. The largest absolute Gasteiger partial charge is 0.477 e. The second kappa shape index (κ2) is 38.4. The van der Waals surface area contributed by atoms with E-state index in [2.05, 4.69) is 86.8 Å². The third-order valence-electron chi connectivity index (χ3n) is 9.04. The number of carboxylic acid groups (broad SMARTS) is 1. The second-order valence-corrected chi connectivity index (χ2v) is 15.2. The highest BCUT2D eigenvalue weighted by atomic mass is 16.6. The number of quaternary nitrogens is 1. The molecule has 0 spiro atoms. The van der Waals surface area contributed by atoms with Gasteiger partial charge in [0.05, 0.1) is 34.4 Å². The van der Waals surface area contributed by atoms with Gasteiger partial charge in [0.1, 0.15) is 6.61 Å². The van der Waals surface area contributed by atoms with Crippen LogP contribution >= 0.6 is 0 Å². The van der Waals surface area contributed by atoms with Crippen molar-refractivity contribution in [1.29, 1.82) is 0 Å². The fourth-order valence-electron chi connectivity index (χ4n) is 5.70. The average molecular weight is 783 g/mol. The molecule has 1 N–H and O–H groups in total. The van der Waals surface area contributed by atoms with Gasteiger partial charge < -0.3 is 23.8 Å². The molecule has 8 nitrogen and oxygen atoms in total. The van der Waals surface area contributed by atoms with Crippen molar-refractivity contribution in [2.45, 2.75) is 161 Å². The molecule has 2 unspecified atom stereocenters. The van der Waals surface area contributed by atoms with Gasteiger partial charge in [-0.2, -0.15) is 0 Å². The van der Waals surface area contributed by atoms with Crippen molar-refractivity contribution in [3.05, 3.63) is 85.1 Å². The number of carbonyl (C=O) groups is 3. The molecular weight excluding hydrogens is 703 g/mol. The topological polar surface area (TPSA) is 99.1 Å². The molecule has 0 saturated carbocycles. The molecule has 56 heavy (non-hydrogen) atoms. The van der Waals surface area contributed by atoms with Gasteiger partial charge in [0.2, 0.25) is 0 Å². The minimum absolute atomic E-state index is 0.0213. The van der Waals surface area contributed by atoms with E-state index in [1.165, 1.54) is 38.5 Å². The Morgan fingerprint density at radius 2 is 1.04 bits per heavy atom. The molecule has 0 aromatic heterocycles. The molecule has 0 heterocycles. The molecule has 0 aliphatic carbocycles. The van der Waals surface area contributed by atoms with Gasteiger partial charge in [-0.05, 0) is 77.0 Å². The van der Waals surface area contributed by atoms with Crippen molar-refractivity contribution in [1.82, 2.24) is 0 Å². The van der Waals surface area contributed by atoms with Gasteiger partial charge in [-0.1, -0.05) is 137 Å². The van der Waals surface area contributed by atoms with E-state index >= 15 is 0 Å². The first kappa shape index (κ1) is 52.5. The van der Waals surface area contributed by atoms with E-state index in [4.69, 9.17) is 14.2 Å². The van der Waals surface area contributed by atoms with Crippen LogP contribution in [0, 0.1) is 0 Å². The van der Waals surface area contributed by atoms with E-state index in [0.717, 1.165) is 70.6 Å². The van der Waals surface area contributed by atoms with Crippen molar-refractivity contribution in [2.75, 3.05) is 41.0 Å². The Balaban J connectivity index is 4.53. The summed E-state index contributed by atoms with van der Waals surface area (Å²) in [5, 5.41) is 9.61. The smallest absolute Gasteiger partial charge is 0.362 e. The Morgan fingerprint density at radius 3 is 1.55 bits per heavy atom. The maximum atomic E-state index is 12.7. The summed E-state index contributed by atoms with van der Waals surface area (Å²) in [5.41, 5.74) is 0. The first-order chi connectivity index (χ1) is 27.1. The minimum atomic E-state index is -0.892. The summed E-state index contributed by atoms with van der Waals surface area (Å²) in [7, 11) is 5.48. The van der Waals surface area contributed by atoms with E-state index in [1.54, 1.807) is 0 Å². The summed E-state index contributed by atoms with van der Waals surface area (Å²) in [4.78, 5) is 36.9. The zero-order valence-corrected chi connectivity index (χ0v) is 36.1. The van der Waals surface area contributed by atoms with Crippen LogP contribution in [0.15, 0.2) is 85.1 Å². The Kier molecular flexibility index (Phi) is 36.0. The van der Waals surface area contributed by atoms with Crippen molar-refractivity contribution in [3.63, 3.8) is 0 Å². The normalized spacial score (nSPS) is 13.8. The lowest BCUT2D eigenvalue weighted by Gasteiger charge is -2.31. The zero-order chi connectivity index (χ0) is 41.4. The van der Waals surface area contributed by atoms with Crippen LogP contribution in [-0.2, 0) is 28.6 Å². The van der Waals surface area contributed by atoms with Gasteiger partial charge in [0.15, 0.2) is 12.1 Å². The Bertz CT molecular complexity index is 1190. The van der Waals surface area contributed by atoms with Crippen LogP contribution in [0.5, 0.6) is 0 Å². The molecule has 0 amide bonds. The number of carboxylic acids is 1. The van der Waals surface area contributed by atoms with Crippen molar-refractivity contribution < 1.29 is 38.2 Å². The summed E-state index contributed by atoms with van der Waals surface area (Å²) in [6.45, 7) is 4.49. The Hall–Kier alpha value is -3.49. The molecule has 8 heteroatoms. The van der Waals surface area contributed by atoms with Gasteiger partial charge in [-0.25, -0.2) is 4.79 Å². The number of nitrogens with zero attached hydrogens (tertiary/aromatic N) is 1. The SMILES string of the molecule is CC/C=C/C/C=C/C/C=C/C/C=C/C/C=C/C/C=C/CCC(=O)OC(COCCC(C(=O)O)[N+](C)(C)C)COC(=O)CCCCC/C=C/CCCCCCCC. The van der Waals surface area contributed by atoms with E-state index in [-0.39, 0.29) is 36.7 Å². The molecular formula is C48H80NO7+. The molecule has 2 atom stereocenters. The van der Waals surface area contributed by atoms with Crippen LogP contribution in [0.4, 0.5) is 0 Å². The van der Waals surface area contributed by atoms with Crippen LogP contribution in [-0.4, -0.2) is 80.6 Å². The number of allylic oxidation sites excluding steroid dienone is 14. The van der Waals surface area contributed by atoms with E-state index in [0.29, 0.717) is 19.3 Å². The number of carbonyl (C=O) groups excluding carboxylic acids is 2. The van der Waals surface area contributed by atoms with E-state index in [1.807, 2.05) is 33.3 Å². The summed E-state index contributed by atoms with van der Waals surface area (Å²) in [6, 6.07) is -0.633. The quantitative estimate of drug-likeness (QED) is 0.0290. The van der Waals surface area contributed by atoms with E-state index < -0.39 is 24.1 Å². The zero-order valence-electron chi connectivity index (χ0n) is 36.1. The lowest BCUT2D eigenvalue weighted by atomic mass is 10.1. The second-order valence-electron chi connectivity index (χ2n) is 15.2. The maximum Gasteiger partial charge on any atom is 0.362 e. The molecule has 0 aliphatic heterocycles. The van der Waals surface area contributed by atoms with Gasteiger partial charge in [-0.3, -0.25) is 9.59 Å². The fourth-order valence-corrected chi connectivity index (χ4v) is 5.70. The molecule has 0 bridgehead atoms. The predicted octanol–water partition coefficient (Wildman–Crippen LogP) is 11.7. The van der Waals surface area contributed by atoms with Crippen molar-refractivity contribution in [3.8, 4) is 0 Å². The van der Waals surface area contributed by atoms with Crippen molar-refractivity contribution in [2.24, 2.45) is 0 Å². The number of hydrogen-bond donors (Lipinski definition) is 1. The van der Waals surface area contributed by atoms with Crippen LogP contribution in [0.3, 0.4) is 0 Å². The summed E-state index contributed by atoms with van der Waals surface area (Å²) in [6.07, 6.45) is 49.3. The van der Waals surface area contributed by atoms with Crippen molar-refractivity contribution >= 4 is 17.9 Å². The molecule has 318 valence electrons. The first-order valence-corrected chi connectivity index (χ1v) is 21.6. The third-order valence-corrected chi connectivity index (χ3v) is 9.04. The lowest BCUT2D eigenvalue weighted by molar-refractivity contribution is -0.887. The van der Waals surface area contributed by atoms with Gasteiger partial charge in [-0.15, -0.1) is 0 Å². The number of likely N-dealkylation sites (N-methyl/N-ethyl adjacent to an activating group) is 1. The highest BCUT2D eigenvalue weighted by Gasteiger charge is 2.31. The third kappa shape index (κ3) is 36.2. The first-order valence-electron chi connectivity index (χ1n) is 21.6. The van der Waals surface area contributed by atoms with Gasteiger partial charge in [0, 0.05) is 19.3 Å². The number of hydrogen-bond acceptors (Lipinski definition) is 6. The molecule has 0 radical (unpaired) electrons. The van der Waals surface area contributed by atoms with E-state index in [9.17, 15) is 19.5 Å². The lowest BCUT2D eigenvalue weighted by Crippen LogP contribution is -2.50. The predicted molar refractivity (Wildman–Crippen MR) is 233 cm³/mol. The number of aliphatic carboxylic acids is 1. The Labute approximate surface area is 342 Å². The summed E-state index contributed by atoms with van der Waals surface area (Å²) < 4.78 is 17.1. The molecule has 0 aromatic rings. The number of unbranched alkanes of at least 4 members (excludes halogenated alkanes) is 9. The molecule has 0 aromatic carbocycles. The fraction of sp³-hybridized carbons (Fsp3) is 0.646. The monoisotopic (exact) mass is 783 g/mol. The van der Waals surface area contributed by atoms with Gasteiger partial charge in [0.25, 0.3) is 0 Å². The van der Waals surface area contributed by atoms with Crippen LogP contribution in [0.2, 0.25) is 0 Å². The summed E-state index contributed by atoms with van der Waals surface area (Å²) >= 11 is 0. The molecule has 0 rings (SSSR count). The molecule has 0 fully saturated rings. The highest BCUT2D eigenvalue weighted by Crippen LogP contribution is 2.11. The van der Waals surface area contributed by atoms with Gasteiger partial charge >= 0.3 is 17.9 Å². The Morgan fingerprint density at radius 1 is 0.554 bits per heavy atom. The van der Waals surface area contributed by atoms with Crippen LogP contribution in [0.1, 0.15) is 149 Å². The number of ether oxygens (including phenoxy) is 3.